The molecule has 0 aliphatic rings. The fourth-order valence-electron chi connectivity index (χ4n) is 1.58. The van der Waals surface area contributed by atoms with Gasteiger partial charge in [0.25, 0.3) is 5.69 Å². The lowest BCUT2D eigenvalue weighted by Gasteiger charge is -2.08. The number of nitrogens with zero attached hydrogens (tertiary/aromatic N) is 1. The average Bonchev–Trinajstić information content (AvgIpc) is 2.56. The van der Waals surface area contributed by atoms with Gasteiger partial charge in [0.05, 0.1) is 23.0 Å². The smallest absolute Gasteiger partial charge is 0.269 e. The van der Waals surface area contributed by atoms with Crippen molar-refractivity contribution in [2.45, 2.75) is 4.90 Å². The molecule has 0 heterocycles. The zero-order chi connectivity index (χ0) is 18.0. The van der Waals surface area contributed by atoms with Crippen molar-refractivity contribution in [1.29, 1.82) is 0 Å². The third kappa shape index (κ3) is 7.00. The number of nitro groups is 1. The van der Waals surface area contributed by atoms with Crippen molar-refractivity contribution in [2.75, 3.05) is 40.0 Å². The maximum atomic E-state index is 12.0. The number of hydrogen-bond donors (Lipinski definition) is 2. The molecule has 0 saturated carbocycles. The molecule has 0 aromatic heterocycles. The largest absolute Gasteiger partial charge is 0.382 e. The van der Waals surface area contributed by atoms with Crippen LogP contribution in [0.15, 0.2) is 29.2 Å². The van der Waals surface area contributed by atoms with Crippen LogP contribution in [0.2, 0.25) is 0 Å². The summed E-state index contributed by atoms with van der Waals surface area (Å²) in [5, 5.41) is 13.0. The molecule has 1 aromatic carbocycles. The molecular formula is C13H19N3O7S. The summed E-state index contributed by atoms with van der Waals surface area (Å²) in [7, 11) is -2.28. The van der Waals surface area contributed by atoms with Crippen molar-refractivity contribution >= 4 is 21.6 Å². The summed E-state index contributed by atoms with van der Waals surface area (Å²) in [6.45, 7) is 0.583. The van der Waals surface area contributed by atoms with Gasteiger partial charge in [-0.3, -0.25) is 14.9 Å². The second-order valence-electron chi connectivity index (χ2n) is 4.54. The van der Waals surface area contributed by atoms with Crippen molar-refractivity contribution in [3.8, 4) is 0 Å². The maximum Gasteiger partial charge on any atom is 0.269 e. The van der Waals surface area contributed by atoms with Crippen LogP contribution in [0.5, 0.6) is 0 Å². The summed E-state index contributed by atoms with van der Waals surface area (Å²) in [5.74, 6) is -0.374. The highest BCUT2D eigenvalue weighted by atomic mass is 32.2. The second kappa shape index (κ2) is 9.93. The molecule has 1 amide bonds. The van der Waals surface area contributed by atoms with E-state index in [0.717, 1.165) is 24.3 Å². The summed E-state index contributed by atoms with van der Waals surface area (Å²) in [4.78, 5) is 21.2. The second-order valence-corrected chi connectivity index (χ2v) is 6.31. The van der Waals surface area contributed by atoms with Crippen LogP contribution < -0.4 is 10.0 Å². The van der Waals surface area contributed by atoms with Crippen LogP contribution in [0.4, 0.5) is 5.69 Å². The third-order valence-corrected chi connectivity index (χ3v) is 4.24. The summed E-state index contributed by atoms with van der Waals surface area (Å²) in [5.41, 5.74) is -0.199. The number of carbonyl (C=O) groups excluding carboxylic acids is 1. The molecule has 0 fully saturated rings. The van der Waals surface area contributed by atoms with Crippen molar-refractivity contribution < 1.29 is 27.6 Å². The van der Waals surface area contributed by atoms with Gasteiger partial charge >= 0.3 is 0 Å². The molecule has 0 saturated heterocycles. The first-order valence-electron chi connectivity index (χ1n) is 6.94. The first-order chi connectivity index (χ1) is 11.4. The number of ether oxygens (including phenoxy) is 2. The highest BCUT2D eigenvalue weighted by Gasteiger charge is 2.15. The minimum absolute atomic E-state index is 0.0247. The highest BCUT2D eigenvalue weighted by Crippen LogP contribution is 2.15. The third-order valence-electron chi connectivity index (χ3n) is 2.76. The first-order valence-corrected chi connectivity index (χ1v) is 8.42. The van der Waals surface area contributed by atoms with Crippen LogP contribution in [0.1, 0.15) is 0 Å². The SMILES string of the molecule is COCCOCC(=O)NCCNS(=O)(=O)c1ccc([N+](=O)[O-])cc1. The van der Waals surface area contributed by atoms with Gasteiger partial charge in [0, 0.05) is 32.3 Å². The number of nitro benzene ring substituents is 1. The highest BCUT2D eigenvalue weighted by molar-refractivity contribution is 7.89. The lowest BCUT2D eigenvalue weighted by molar-refractivity contribution is -0.384. The quantitative estimate of drug-likeness (QED) is 0.312. The Balaban J connectivity index is 2.35. The molecule has 1 aromatic rings. The van der Waals surface area contributed by atoms with Crippen LogP contribution in [-0.4, -0.2) is 59.3 Å². The van der Waals surface area contributed by atoms with Gasteiger partial charge < -0.3 is 14.8 Å². The standard InChI is InChI=1S/C13H19N3O7S/c1-22-8-9-23-10-13(17)14-6-7-15-24(20,21)12-4-2-11(3-5-12)16(18)19/h2-5,15H,6-10H2,1H3,(H,14,17). The Morgan fingerprint density at radius 2 is 1.88 bits per heavy atom. The van der Waals surface area contributed by atoms with E-state index in [-0.39, 0.29) is 42.8 Å². The Hall–Kier alpha value is -2.08. The molecule has 24 heavy (non-hydrogen) atoms. The number of rotatable bonds is 11. The Kier molecular flexibility index (Phi) is 8.26. The lowest BCUT2D eigenvalue weighted by Crippen LogP contribution is -2.36. The maximum absolute atomic E-state index is 12.0. The number of carbonyl (C=O) groups is 1. The summed E-state index contributed by atoms with van der Waals surface area (Å²) in [6, 6.07) is 4.49. The molecule has 10 nitrogen and oxygen atoms in total. The van der Waals surface area contributed by atoms with Gasteiger partial charge in [0.2, 0.25) is 15.9 Å². The minimum Gasteiger partial charge on any atom is -0.382 e. The lowest BCUT2D eigenvalue weighted by atomic mass is 10.3. The zero-order valence-corrected chi connectivity index (χ0v) is 13.9. The average molecular weight is 361 g/mol. The van der Waals surface area contributed by atoms with E-state index in [4.69, 9.17) is 9.47 Å². The molecular weight excluding hydrogens is 342 g/mol. The molecule has 0 bridgehead atoms. The van der Waals surface area contributed by atoms with Crippen molar-refractivity contribution in [3.05, 3.63) is 34.4 Å². The normalized spacial score (nSPS) is 11.2. The number of non-ortho nitro benzene ring substituents is 1. The molecule has 1 rings (SSSR count). The monoisotopic (exact) mass is 361 g/mol. The fourth-order valence-corrected chi connectivity index (χ4v) is 2.61. The van der Waals surface area contributed by atoms with E-state index in [9.17, 15) is 23.3 Å². The van der Waals surface area contributed by atoms with Gasteiger partial charge in [-0.05, 0) is 12.1 Å². The fraction of sp³-hybridized carbons (Fsp3) is 0.462. The van der Waals surface area contributed by atoms with E-state index in [0.29, 0.717) is 6.61 Å². The van der Waals surface area contributed by atoms with Crippen molar-refractivity contribution in [1.82, 2.24) is 10.0 Å². The van der Waals surface area contributed by atoms with Crippen molar-refractivity contribution in [3.63, 3.8) is 0 Å². The summed E-state index contributed by atoms with van der Waals surface area (Å²) in [6.07, 6.45) is 0. The molecule has 134 valence electrons. The molecule has 0 atom stereocenters. The molecule has 11 heteroatoms. The number of hydrogen-bond acceptors (Lipinski definition) is 7. The number of sulfonamides is 1. The van der Waals surface area contributed by atoms with E-state index < -0.39 is 14.9 Å². The van der Waals surface area contributed by atoms with E-state index in [1.807, 2.05) is 0 Å². The van der Waals surface area contributed by atoms with Crippen molar-refractivity contribution in [2.24, 2.45) is 0 Å². The van der Waals surface area contributed by atoms with Gasteiger partial charge in [-0.25, -0.2) is 13.1 Å². The topological polar surface area (TPSA) is 137 Å². The molecule has 0 spiro atoms. The number of nitrogens with one attached hydrogen (secondary N) is 2. The van der Waals surface area contributed by atoms with E-state index in [2.05, 4.69) is 10.0 Å². The number of methoxy groups -OCH3 is 1. The number of benzene rings is 1. The summed E-state index contributed by atoms with van der Waals surface area (Å²) < 4.78 is 36.0. The molecule has 0 aliphatic carbocycles. The Labute approximate surface area is 139 Å². The Bertz CT molecular complexity index is 646. The van der Waals surface area contributed by atoms with E-state index in [1.165, 1.54) is 7.11 Å². The van der Waals surface area contributed by atoms with Crippen LogP contribution >= 0.6 is 0 Å². The van der Waals surface area contributed by atoms with Gasteiger partial charge in [-0.2, -0.15) is 0 Å². The molecule has 2 N–H and O–H groups in total. The molecule has 0 radical (unpaired) electrons. The predicted octanol–water partition coefficient (Wildman–Crippen LogP) is -0.348. The van der Waals surface area contributed by atoms with Crippen LogP contribution in [0.25, 0.3) is 0 Å². The van der Waals surface area contributed by atoms with E-state index in [1.54, 1.807) is 0 Å². The van der Waals surface area contributed by atoms with Gasteiger partial charge in [0.1, 0.15) is 6.61 Å². The molecule has 0 unspecified atom stereocenters. The Morgan fingerprint density at radius 1 is 1.21 bits per heavy atom. The molecule has 0 aliphatic heterocycles. The predicted molar refractivity (Wildman–Crippen MR) is 84.0 cm³/mol. The van der Waals surface area contributed by atoms with Crippen LogP contribution in [0.3, 0.4) is 0 Å². The van der Waals surface area contributed by atoms with Gasteiger partial charge in [-0.15, -0.1) is 0 Å². The number of amides is 1. The van der Waals surface area contributed by atoms with Gasteiger partial charge in [-0.1, -0.05) is 0 Å². The van der Waals surface area contributed by atoms with Crippen LogP contribution in [0, 0.1) is 10.1 Å². The minimum atomic E-state index is -3.80. The van der Waals surface area contributed by atoms with Crippen LogP contribution in [-0.2, 0) is 24.3 Å². The van der Waals surface area contributed by atoms with E-state index >= 15 is 0 Å². The van der Waals surface area contributed by atoms with Gasteiger partial charge in [0.15, 0.2) is 0 Å². The zero-order valence-electron chi connectivity index (χ0n) is 13.1. The summed E-state index contributed by atoms with van der Waals surface area (Å²) >= 11 is 0. The Morgan fingerprint density at radius 3 is 2.46 bits per heavy atom. The first kappa shape index (κ1) is 20.0.